The molecule has 0 fully saturated rings. The number of ether oxygens (including phenoxy) is 4. The number of aliphatic hydroxyl groups excluding tert-OH is 1. The molecule has 0 saturated heterocycles. The predicted octanol–water partition coefficient (Wildman–Crippen LogP) is 6.51. The highest BCUT2D eigenvalue weighted by atomic mass is 35.5. The standard InChI is InChI=1S/C16H16N4O2.C10H9ClN2O2.C6H8N2.C3H8O/c1-21-14-7-12-13(8-15(14)22-2)18-9-19-16(12)20-11-5-3-10(17)4-6-11;1-14-8-3-6-7(4-9(8)15-2)12-5-13-10(6)11;7-5-1-2-6(8)4-3-5;1-3(2)4/h3-9H,17H2,1-2H3,(H,18,19,20);3-5H,1-2H3;1-4H,7-8H2;3-4H,1-2H3. The number of rotatable bonds is 6. The van der Waals surface area contributed by atoms with Crippen molar-refractivity contribution in [2.45, 2.75) is 20.0 Å². The lowest BCUT2D eigenvalue weighted by molar-refractivity contribution is 0.216. The summed E-state index contributed by atoms with van der Waals surface area (Å²) in [5.74, 6) is 3.19. The Bertz CT molecular complexity index is 1900. The number of aromatic nitrogens is 4. The number of nitrogens with one attached hydrogen (secondary N) is 1. The van der Waals surface area contributed by atoms with Crippen LogP contribution in [0, 0.1) is 0 Å². The highest BCUT2D eigenvalue weighted by molar-refractivity contribution is 6.34. The van der Waals surface area contributed by atoms with Gasteiger partial charge in [-0.1, -0.05) is 11.6 Å². The van der Waals surface area contributed by atoms with Gasteiger partial charge >= 0.3 is 0 Å². The molecule has 0 amide bonds. The molecule has 2 aromatic heterocycles. The second-order valence-corrected chi connectivity index (χ2v) is 10.7. The van der Waals surface area contributed by atoms with Crippen LogP contribution < -0.4 is 41.5 Å². The molecule has 0 radical (unpaired) electrons. The summed E-state index contributed by atoms with van der Waals surface area (Å²) in [6, 6.07) is 21.7. The Morgan fingerprint density at radius 3 is 1.41 bits per heavy atom. The molecule has 6 rings (SSSR count). The molecule has 0 bridgehead atoms. The largest absolute Gasteiger partial charge is 0.493 e. The average Bonchev–Trinajstić information content (AvgIpc) is 3.10. The van der Waals surface area contributed by atoms with Crippen molar-refractivity contribution in [1.82, 2.24) is 19.9 Å². The number of anilines is 5. The third kappa shape index (κ3) is 11.2. The summed E-state index contributed by atoms with van der Waals surface area (Å²) in [6.07, 6.45) is 2.75. The van der Waals surface area contributed by atoms with Gasteiger partial charge in [0.15, 0.2) is 23.0 Å². The first-order valence-corrected chi connectivity index (χ1v) is 15.2. The van der Waals surface area contributed by atoms with Gasteiger partial charge in [-0.15, -0.1) is 0 Å². The summed E-state index contributed by atoms with van der Waals surface area (Å²) < 4.78 is 21.0. The first-order valence-electron chi connectivity index (χ1n) is 14.8. The van der Waals surface area contributed by atoms with E-state index in [0.717, 1.165) is 38.9 Å². The van der Waals surface area contributed by atoms with Crippen LogP contribution >= 0.6 is 11.6 Å². The Labute approximate surface area is 290 Å². The SMILES string of the molecule is CC(C)O.COc1cc2ncnc(Cl)c2cc1OC.COc1cc2ncnc(Nc3ccc(N)cc3)c2cc1OC.Nc1ccc(N)cc1. The fraction of sp³-hybridized carbons (Fsp3) is 0.200. The molecule has 0 aliphatic heterocycles. The quantitative estimate of drug-likeness (QED) is 0.0938. The van der Waals surface area contributed by atoms with Crippen LogP contribution in [0.2, 0.25) is 5.15 Å². The first kappa shape index (κ1) is 37.7. The van der Waals surface area contributed by atoms with E-state index in [-0.39, 0.29) is 6.10 Å². The van der Waals surface area contributed by atoms with Crippen LogP contribution in [0.1, 0.15) is 13.8 Å². The zero-order valence-electron chi connectivity index (χ0n) is 28.1. The first-order chi connectivity index (χ1) is 23.5. The monoisotopic (exact) mass is 688 g/mol. The fourth-order valence-corrected chi connectivity index (χ4v) is 4.23. The van der Waals surface area contributed by atoms with Crippen LogP contribution in [0.15, 0.2) is 85.5 Å². The van der Waals surface area contributed by atoms with Gasteiger partial charge in [-0.25, -0.2) is 19.9 Å². The molecule has 14 heteroatoms. The van der Waals surface area contributed by atoms with Crippen molar-refractivity contribution in [3.63, 3.8) is 0 Å². The number of aliphatic hydroxyl groups is 1. The molecule has 2 heterocycles. The van der Waals surface area contributed by atoms with Gasteiger partial charge in [-0.2, -0.15) is 0 Å². The number of fused-ring (bicyclic) bond motifs is 2. The van der Waals surface area contributed by atoms with Crippen molar-refractivity contribution in [2.75, 3.05) is 51.0 Å². The minimum atomic E-state index is -0.167. The molecule has 0 aliphatic rings. The Morgan fingerprint density at radius 1 is 0.592 bits per heavy atom. The smallest absolute Gasteiger partial charge is 0.162 e. The van der Waals surface area contributed by atoms with Crippen LogP contribution in [-0.4, -0.2) is 59.6 Å². The third-order valence-electron chi connectivity index (χ3n) is 6.34. The maximum absolute atomic E-state index is 8.06. The summed E-state index contributed by atoms with van der Waals surface area (Å²) in [7, 11) is 6.34. The lowest BCUT2D eigenvalue weighted by Crippen LogP contribution is -1.98. The van der Waals surface area contributed by atoms with Gasteiger partial charge in [0.1, 0.15) is 23.6 Å². The Hall–Kier alpha value is -5.79. The lowest BCUT2D eigenvalue weighted by atomic mass is 10.2. The average molecular weight is 689 g/mol. The lowest BCUT2D eigenvalue weighted by Gasteiger charge is -2.12. The molecule has 0 spiro atoms. The van der Waals surface area contributed by atoms with E-state index in [4.69, 9.17) is 52.9 Å². The Kier molecular flexibility index (Phi) is 14.2. The number of halogens is 1. The Balaban J connectivity index is 0.000000207. The van der Waals surface area contributed by atoms with Gasteiger partial charge < -0.3 is 46.6 Å². The van der Waals surface area contributed by atoms with E-state index in [1.165, 1.54) is 12.7 Å². The molecular weight excluding hydrogens is 648 g/mol. The maximum atomic E-state index is 8.06. The summed E-state index contributed by atoms with van der Waals surface area (Å²) >= 11 is 5.93. The molecule has 49 heavy (non-hydrogen) atoms. The number of nitrogens with zero attached hydrogens (tertiary/aromatic N) is 4. The van der Waals surface area contributed by atoms with Gasteiger partial charge in [0.25, 0.3) is 0 Å². The number of hydrogen-bond acceptors (Lipinski definition) is 13. The predicted molar refractivity (Wildman–Crippen MR) is 197 cm³/mol. The molecule has 0 atom stereocenters. The molecule has 258 valence electrons. The zero-order valence-corrected chi connectivity index (χ0v) is 28.9. The van der Waals surface area contributed by atoms with E-state index in [0.29, 0.717) is 39.7 Å². The van der Waals surface area contributed by atoms with Crippen molar-refractivity contribution in [1.29, 1.82) is 0 Å². The molecule has 8 N–H and O–H groups in total. The second kappa shape index (κ2) is 18.5. The molecule has 6 aromatic rings. The minimum absolute atomic E-state index is 0.167. The van der Waals surface area contributed by atoms with E-state index in [2.05, 4.69) is 25.3 Å². The molecule has 13 nitrogen and oxygen atoms in total. The van der Waals surface area contributed by atoms with Crippen molar-refractivity contribution in [2.24, 2.45) is 0 Å². The highest BCUT2D eigenvalue weighted by Crippen LogP contribution is 2.35. The molecule has 4 aromatic carbocycles. The topological polar surface area (TPSA) is 199 Å². The second-order valence-electron chi connectivity index (χ2n) is 10.3. The number of benzene rings is 4. The molecule has 0 saturated carbocycles. The van der Waals surface area contributed by atoms with Gasteiger partial charge in [-0.3, -0.25) is 0 Å². The summed E-state index contributed by atoms with van der Waals surface area (Å²) in [4.78, 5) is 16.6. The number of nitrogens with two attached hydrogens (primary N) is 3. The highest BCUT2D eigenvalue weighted by Gasteiger charge is 2.11. The molecular formula is C35H41ClN8O5. The van der Waals surface area contributed by atoms with E-state index in [9.17, 15) is 0 Å². The van der Waals surface area contributed by atoms with E-state index in [1.54, 1.807) is 78.7 Å². The van der Waals surface area contributed by atoms with Crippen LogP contribution in [0.25, 0.3) is 21.8 Å². The summed E-state index contributed by atoms with van der Waals surface area (Å²) in [5.41, 5.74) is 21.0. The van der Waals surface area contributed by atoms with Crippen molar-refractivity contribution in [3.8, 4) is 23.0 Å². The molecule has 0 unspecified atom stereocenters. The van der Waals surface area contributed by atoms with E-state index in [1.807, 2.05) is 36.4 Å². The zero-order chi connectivity index (χ0) is 35.9. The van der Waals surface area contributed by atoms with Gasteiger partial charge in [-0.05, 0) is 74.5 Å². The number of hydrogen-bond donors (Lipinski definition) is 5. The Morgan fingerprint density at radius 2 is 0.959 bits per heavy atom. The number of methoxy groups -OCH3 is 4. The van der Waals surface area contributed by atoms with Gasteiger partial charge in [0.05, 0.1) is 39.5 Å². The number of nitrogen functional groups attached to an aromatic ring is 3. The summed E-state index contributed by atoms with van der Waals surface area (Å²) in [5, 5.41) is 13.3. The minimum Gasteiger partial charge on any atom is -0.493 e. The van der Waals surface area contributed by atoms with Crippen molar-refractivity contribution >= 4 is 62.0 Å². The van der Waals surface area contributed by atoms with E-state index >= 15 is 0 Å². The van der Waals surface area contributed by atoms with E-state index < -0.39 is 0 Å². The summed E-state index contributed by atoms with van der Waals surface area (Å²) in [6.45, 7) is 3.44. The molecule has 0 aliphatic carbocycles. The third-order valence-corrected chi connectivity index (χ3v) is 6.64. The van der Waals surface area contributed by atoms with Crippen LogP contribution in [-0.2, 0) is 0 Å². The van der Waals surface area contributed by atoms with Gasteiger partial charge in [0.2, 0.25) is 0 Å². The van der Waals surface area contributed by atoms with Crippen molar-refractivity contribution < 1.29 is 24.1 Å². The van der Waals surface area contributed by atoms with Crippen LogP contribution in [0.4, 0.5) is 28.6 Å². The maximum Gasteiger partial charge on any atom is 0.162 e. The van der Waals surface area contributed by atoms with Crippen LogP contribution in [0.3, 0.4) is 0 Å². The van der Waals surface area contributed by atoms with Crippen LogP contribution in [0.5, 0.6) is 23.0 Å². The normalized spacial score (nSPS) is 10.1. The van der Waals surface area contributed by atoms with Gasteiger partial charge in [0, 0.05) is 51.8 Å². The fourth-order valence-electron chi connectivity index (χ4n) is 4.03. The van der Waals surface area contributed by atoms with Crippen molar-refractivity contribution in [3.05, 3.63) is 90.6 Å².